The van der Waals surface area contributed by atoms with Crippen LogP contribution in [0.15, 0.2) is 70.4 Å². The zero-order valence-corrected chi connectivity index (χ0v) is 20.7. The molecule has 0 unspecified atom stereocenters. The van der Waals surface area contributed by atoms with Crippen molar-refractivity contribution in [2.45, 2.75) is 52.4 Å². The number of rotatable bonds is 8. The summed E-state index contributed by atoms with van der Waals surface area (Å²) >= 11 is 0. The lowest BCUT2D eigenvalue weighted by atomic mass is 10.1. The molecule has 0 aromatic carbocycles. The van der Waals surface area contributed by atoms with Gasteiger partial charge < -0.3 is 15.2 Å². The van der Waals surface area contributed by atoms with Gasteiger partial charge in [-0.05, 0) is 44.3 Å². The van der Waals surface area contributed by atoms with Gasteiger partial charge in [0, 0.05) is 6.42 Å². The summed E-state index contributed by atoms with van der Waals surface area (Å²) in [5.41, 5.74) is 9.52. The topological polar surface area (TPSA) is 130 Å². The van der Waals surface area contributed by atoms with E-state index in [0.29, 0.717) is 19.3 Å². The molecule has 0 atom stereocenters. The van der Waals surface area contributed by atoms with E-state index >= 15 is 0 Å². The van der Waals surface area contributed by atoms with Crippen LogP contribution in [0.2, 0.25) is 0 Å². The lowest BCUT2D eigenvalue weighted by molar-refractivity contribution is -0.140. The summed E-state index contributed by atoms with van der Waals surface area (Å²) in [6.45, 7) is 3.05. The van der Waals surface area contributed by atoms with E-state index in [2.05, 4.69) is 9.47 Å². The Morgan fingerprint density at radius 3 is 1.51 bits per heavy atom. The molecule has 0 aromatic rings. The number of Topliss-reactive ketones (excluding diaryl/α,β-unsaturated/α-hetero) is 2. The molecule has 0 aromatic heterocycles. The van der Waals surface area contributed by atoms with Gasteiger partial charge in [-0.1, -0.05) is 59.3 Å². The Morgan fingerprint density at radius 1 is 0.714 bits per heavy atom. The van der Waals surface area contributed by atoms with E-state index in [1.54, 1.807) is 18.2 Å². The second kappa shape index (κ2) is 15.2. The number of nitrogens with two attached hydrogens (primary N) is 1. The van der Waals surface area contributed by atoms with Gasteiger partial charge in [0.05, 0.1) is 27.1 Å². The Kier molecular flexibility index (Phi) is 12.7. The van der Waals surface area contributed by atoms with Crippen LogP contribution in [0.5, 0.6) is 0 Å². The average Bonchev–Trinajstić information content (AvgIpc) is 3.56. The first kappa shape index (κ1) is 29.2. The smallest absolute Gasteiger partial charge is 0.309 e. The van der Waals surface area contributed by atoms with Crippen LogP contribution < -0.4 is 5.73 Å². The van der Waals surface area contributed by atoms with Crippen molar-refractivity contribution in [3.05, 3.63) is 70.4 Å². The summed E-state index contributed by atoms with van der Waals surface area (Å²) < 4.78 is 9.02. The van der Waals surface area contributed by atoms with Crippen LogP contribution in [-0.2, 0) is 33.4 Å². The van der Waals surface area contributed by atoms with Crippen molar-refractivity contribution in [1.29, 1.82) is 0 Å². The Balaban J connectivity index is 0.000000265. The molecule has 0 fully saturated rings. The maximum Gasteiger partial charge on any atom is 0.309 e. The number of ether oxygens (including phenoxy) is 2. The Morgan fingerprint density at radius 2 is 1.17 bits per heavy atom. The molecule has 0 heterocycles. The molecule has 0 saturated heterocycles. The third-order valence-electron chi connectivity index (χ3n) is 5.23. The van der Waals surface area contributed by atoms with Crippen molar-refractivity contribution >= 4 is 29.4 Å². The first-order valence-corrected chi connectivity index (χ1v) is 11.1. The molecule has 0 bridgehead atoms. The van der Waals surface area contributed by atoms with E-state index in [-0.39, 0.29) is 42.3 Å². The number of allylic oxidation sites excluding steroid dienone is 9. The van der Waals surface area contributed by atoms with Gasteiger partial charge in [0.1, 0.15) is 0 Å². The summed E-state index contributed by atoms with van der Waals surface area (Å²) in [5, 5.41) is 0. The molecule has 0 aliphatic heterocycles. The van der Waals surface area contributed by atoms with E-state index in [0.717, 1.165) is 34.3 Å². The minimum atomic E-state index is -0.348. The molecule has 1 amide bonds. The number of hydrogen-bond acceptors (Lipinski definition) is 7. The van der Waals surface area contributed by atoms with Crippen molar-refractivity contribution in [2.75, 3.05) is 14.2 Å². The number of amides is 1. The number of primary amides is 1. The Labute approximate surface area is 205 Å². The monoisotopic (exact) mass is 483 g/mol. The fourth-order valence-electron chi connectivity index (χ4n) is 3.25. The highest BCUT2D eigenvalue weighted by Gasteiger charge is 2.15. The lowest BCUT2D eigenvalue weighted by Gasteiger charge is -2.01. The first-order valence-electron chi connectivity index (χ1n) is 11.1. The number of carbonyl (C=O) groups is 5. The fourth-order valence-corrected chi connectivity index (χ4v) is 3.25. The molecule has 3 rings (SSSR count). The molecule has 0 radical (unpaired) electrons. The van der Waals surface area contributed by atoms with Gasteiger partial charge in [-0.15, -0.1) is 0 Å². The van der Waals surface area contributed by atoms with E-state index in [9.17, 15) is 24.0 Å². The van der Waals surface area contributed by atoms with Crippen molar-refractivity contribution in [3.63, 3.8) is 0 Å². The van der Waals surface area contributed by atoms with Crippen molar-refractivity contribution < 1.29 is 33.4 Å². The maximum absolute atomic E-state index is 10.9. The molecular formula is C27H33NO7. The molecule has 3 aliphatic rings. The van der Waals surface area contributed by atoms with Gasteiger partial charge in [-0.3, -0.25) is 24.0 Å². The Bertz CT molecular complexity index is 1040. The van der Waals surface area contributed by atoms with Crippen LogP contribution in [0.4, 0.5) is 0 Å². The zero-order valence-electron chi connectivity index (χ0n) is 20.7. The second-order valence-electron chi connectivity index (χ2n) is 8.11. The highest BCUT2D eigenvalue weighted by molar-refractivity contribution is 5.95. The van der Waals surface area contributed by atoms with Crippen LogP contribution in [0.25, 0.3) is 0 Å². The molecule has 35 heavy (non-hydrogen) atoms. The summed E-state index contributed by atoms with van der Waals surface area (Å²) in [5.74, 6) is -0.638. The van der Waals surface area contributed by atoms with Crippen molar-refractivity contribution in [1.82, 2.24) is 0 Å². The standard InChI is InChI=1S/C10H12O3.C9H11NO2.C8H10O2/c1-7(11)9-4-3-8(5-9)6-10(12)13-2;1-6(11)8-3-2-7(4-8)5-9(10)12;1-10-8(9)6-7-4-2-3-5-7/h3-4H,5-6H2,1-2H3;2-3H,4-5H2,1H3,(H2,10,12);2-4H,5-6H2,1H3. The minimum Gasteiger partial charge on any atom is -0.469 e. The number of hydrogen-bond donors (Lipinski definition) is 1. The second-order valence-corrected chi connectivity index (χ2v) is 8.11. The third kappa shape index (κ3) is 11.7. The van der Waals surface area contributed by atoms with Crippen LogP contribution >= 0.6 is 0 Å². The van der Waals surface area contributed by atoms with Crippen LogP contribution in [0.3, 0.4) is 0 Å². The quantitative estimate of drug-likeness (QED) is 0.523. The molecule has 8 heteroatoms. The third-order valence-corrected chi connectivity index (χ3v) is 5.23. The highest BCUT2D eigenvalue weighted by atomic mass is 16.5. The molecule has 188 valence electrons. The van der Waals surface area contributed by atoms with Gasteiger partial charge in [0.25, 0.3) is 0 Å². The van der Waals surface area contributed by atoms with E-state index in [1.165, 1.54) is 28.1 Å². The van der Waals surface area contributed by atoms with E-state index < -0.39 is 0 Å². The summed E-state index contributed by atoms with van der Waals surface area (Å²) in [6.07, 6.45) is 16.1. The van der Waals surface area contributed by atoms with Gasteiger partial charge in [-0.2, -0.15) is 0 Å². The lowest BCUT2D eigenvalue weighted by Crippen LogP contribution is -2.11. The molecule has 0 spiro atoms. The predicted octanol–water partition coefficient (Wildman–Crippen LogP) is 3.54. The number of esters is 2. The summed E-state index contributed by atoms with van der Waals surface area (Å²) in [6, 6.07) is 0. The first-order chi connectivity index (χ1) is 16.5. The number of ketones is 2. The predicted molar refractivity (Wildman–Crippen MR) is 132 cm³/mol. The van der Waals surface area contributed by atoms with Gasteiger partial charge in [0.15, 0.2) is 11.6 Å². The SMILES string of the molecule is CC(=O)C1=CC=C(CC(N)=O)C1.COC(=O)CC1=CC=C(C(C)=O)C1.COC(=O)CC1=CC=CC1. The summed E-state index contributed by atoms with van der Waals surface area (Å²) in [7, 11) is 2.77. The number of carbonyl (C=O) groups excluding carboxylic acids is 5. The average molecular weight is 484 g/mol. The maximum atomic E-state index is 10.9. The fraction of sp³-hybridized carbons (Fsp3) is 0.370. The largest absolute Gasteiger partial charge is 0.469 e. The minimum absolute atomic E-state index is 0.0609. The number of methoxy groups -OCH3 is 2. The van der Waals surface area contributed by atoms with E-state index in [4.69, 9.17) is 5.73 Å². The van der Waals surface area contributed by atoms with Gasteiger partial charge in [0.2, 0.25) is 5.91 Å². The molecule has 3 aliphatic carbocycles. The molecule has 0 saturated carbocycles. The van der Waals surface area contributed by atoms with Crippen molar-refractivity contribution in [3.8, 4) is 0 Å². The van der Waals surface area contributed by atoms with Crippen LogP contribution in [0.1, 0.15) is 52.4 Å². The van der Waals surface area contributed by atoms with Crippen LogP contribution in [0, 0.1) is 0 Å². The summed E-state index contributed by atoms with van der Waals surface area (Å²) in [4.78, 5) is 53.8. The highest BCUT2D eigenvalue weighted by Crippen LogP contribution is 2.23. The van der Waals surface area contributed by atoms with Gasteiger partial charge in [-0.25, -0.2) is 0 Å². The normalized spacial score (nSPS) is 15.1. The zero-order chi connectivity index (χ0) is 26.4. The molecule has 8 nitrogen and oxygen atoms in total. The van der Waals surface area contributed by atoms with Crippen LogP contribution in [-0.4, -0.2) is 43.6 Å². The van der Waals surface area contributed by atoms with Gasteiger partial charge >= 0.3 is 11.9 Å². The van der Waals surface area contributed by atoms with Crippen molar-refractivity contribution in [2.24, 2.45) is 5.73 Å². The Hall–Kier alpha value is -3.81. The molecular weight excluding hydrogens is 450 g/mol. The molecule has 2 N–H and O–H groups in total. The van der Waals surface area contributed by atoms with E-state index in [1.807, 2.05) is 24.3 Å².